The predicted octanol–water partition coefficient (Wildman–Crippen LogP) is 2.72. The number of fused-ring (bicyclic) bond motifs is 1. The van der Waals surface area contributed by atoms with E-state index in [1.165, 1.54) is 0 Å². The minimum absolute atomic E-state index is 0.0215. The number of benzene rings is 1. The summed E-state index contributed by atoms with van der Waals surface area (Å²) >= 11 is 6.09. The SMILES string of the molecule is Cc1ccc(NC(=O)N2CC3CNCC3C2C)cc1Cl. The van der Waals surface area contributed by atoms with Gasteiger partial charge in [0.15, 0.2) is 0 Å². The number of carbonyl (C=O) groups excluding carboxylic acids is 1. The molecular formula is C15H20ClN3O. The molecule has 3 atom stereocenters. The molecule has 0 spiro atoms. The molecule has 1 aromatic carbocycles. The molecule has 1 aromatic rings. The lowest BCUT2D eigenvalue weighted by atomic mass is 9.95. The normalized spacial score (nSPS) is 28.6. The van der Waals surface area contributed by atoms with Crippen LogP contribution in [-0.2, 0) is 0 Å². The molecular weight excluding hydrogens is 274 g/mol. The van der Waals surface area contributed by atoms with Crippen LogP contribution in [0.25, 0.3) is 0 Å². The minimum Gasteiger partial charge on any atom is -0.321 e. The highest BCUT2D eigenvalue weighted by molar-refractivity contribution is 6.31. The van der Waals surface area contributed by atoms with E-state index in [2.05, 4.69) is 17.6 Å². The maximum Gasteiger partial charge on any atom is 0.322 e. The van der Waals surface area contributed by atoms with Crippen LogP contribution in [-0.4, -0.2) is 36.6 Å². The van der Waals surface area contributed by atoms with Crippen molar-refractivity contribution in [1.82, 2.24) is 10.2 Å². The fraction of sp³-hybridized carbons (Fsp3) is 0.533. The Morgan fingerprint density at radius 1 is 1.45 bits per heavy atom. The van der Waals surface area contributed by atoms with Gasteiger partial charge in [0.05, 0.1) is 0 Å². The lowest BCUT2D eigenvalue weighted by Crippen LogP contribution is -2.40. The van der Waals surface area contributed by atoms with Gasteiger partial charge in [-0.3, -0.25) is 0 Å². The Hall–Kier alpha value is -1.26. The van der Waals surface area contributed by atoms with E-state index in [1.807, 2.05) is 24.0 Å². The standard InChI is InChI=1S/C15H20ClN3O/c1-9-3-4-12(5-14(9)16)18-15(20)19-8-11-6-17-7-13(11)10(19)2/h3-5,10-11,13,17H,6-8H2,1-2H3,(H,18,20). The highest BCUT2D eigenvalue weighted by Gasteiger charge is 2.43. The monoisotopic (exact) mass is 293 g/mol. The topological polar surface area (TPSA) is 44.4 Å². The third kappa shape index (κ3) is 2.38. The van der Waals surface area contributed by atoms with E-state index in [0.29, 0.717) is 16.9 Å². The maximum absolute atomic E-state index is 12.4. The largest absolute Gasteiger partial charge is 0.322 e. The molecule has 5 heteroatoms. The van der Waals surface area contributed by atoms with Crippen molar-refractivity contribution >= 4 is 23.3 Å². The number of anilines is 1. The summed E-state index contributed by atoms with van der Waals surface area (Å²) in [6.07, 6.45) is 0. The predicted molar refractivity (Wildman–Crippen MR) is 81.2 cm³/mol. The molecule has 2 aliphatic rings. The van der Waals surface area contributed by atoms with Crippen LogP contribution in [0.2, 0.25) is 5.02 Å². The van der Waals surface area contributed by atoms with Gasteiger partial charge >= 0.3 is 6.03 Å². The van der Waals surface area contributed by atoms with Crippen LogP contribution in [0.4, 0.5) is 10.5 Å². The van der Waals surface area contributed by atoms with E-state index in [0.717, 1.165) is 30.9 Å². The van der Waals surface area contributed by atoms with Gasteiger partial charge in [-0.05, 0) is 43.4 Å². The quantitative estimate of drug-likeness (QED) is 0.836. The van der Waals surface area contributed by atoms with E-state index in [9.17, 15) is 4.79 Å². The number of halogens is 1. The zero-order valence-electron chi connectivity index (χ0n) is 11.8. The van der Waals surface area contributed by atoms with Gasteiger partial charge in [0.1, 0.15) is 0 Å². The molecule has 2 amide bonds. The van der Waals surface area contributed by atoms with Crippen molar-refractivity contribution in [2.45, 2.75) is 19.9 Å². The fourth-order valence-corrected chi connectivity index (χ4v) is 3.48. The molecule has 0 bridgehead atoms. The second kappa shape index (κ2) is 5.26. The van der Waals surface area contributed by atoms with Crippen LogP contribution in [0.5, 0.6) is 0 Å². The molecule has 2 aliphatic heterocycles. The zero-order chi connectivity index (χ0) is 14.3. The van der Waals surface area contributed by atoms with Crippen molar-refractivity contribution in [3.05, 3.63) is 28.8 Å². The number of amides is 2. The summed E-state index contributed by atoms with van der Waals surface area (Å²) in [4.78, 5) is 14.4. The van der Waals surface area contributed by atoms with Crippen molar-refractivity contribution in [1.29, 1.82) is 0 Å². The molecule has 3 unspecified atom stereocenters. The number of nitrogens with zero attached hydrogens (tertiary/aromatic N) is 1. The minimum atomic E-state index is -0.0215. The van der Waals surface area contributed by atoms with Crippen LogP contribution in [0.15, 0.2) is 18.2 Å². The van der Waals surface area contributed by atoms with E-state index < -0.39 is 0 Å². The van der Waals surface area contributed by atoms with Crippen molar-refractivity contribution < 1.29 is 4.79 Å². The second-order valence-corrected chi connectivity index (χ2v) is 6.28. The van der Waals surface area contributed by atoms with E-state index >= 15 is 0 Å². The maximum atomic E-state index is 12.4. The first-order valence-electron chi connectivity index (χ1n) is 7.11. The molecule has 0 saturated carbocycles. The number of hydrogen-bond donors (Lipinski definition) is 2. The van der Waals surface area contributed by atoms with Crippen LogP contribution in [0.3, 0.4) is 0 Å². The molecule has 3 rings (SSSR count). The van der Waals surface area contributed by atoms with Gasteiger partial charge in [0.25, 0.3) is 0 Å². The molecule has 2 saturated heterocycles. The zero-order valence-corrected chi connectivity index (χ0v) is 12.6. The van der Waals surface area contributed by atoms with Crippen LogP contribution >= 0.6 is 11.6 Å². The Balaban J connectivity index is 1.69. The van der Waals surface area contributed by atoms with E-state index in [4.69, 9.17) is 11.6 Å². The first kappa shape index (κ1) is 13.7. The molecule has 2 fully saturated rings. The van der Waals surface area contributed by atoms with Gasteiger partial charge in [-0.15, -0.1) is 0 Å². The highest BCUT2D eigenvalue weighted by atomic mass is 35.5. The van der Waals surface area contributed by atoms with Crippen molar-refractivity contribution in [3.8, 4) is 0 Å². The summed E-state index contributed by atoms with van der Waals surface area (Å²) in [5, 5.41) is 7.03. The second-order valence-electron chi connectivity index (χ2n) is 5.87. The molecule has 108 valence electrons. The van der Waals surface area contributed by atoms with E-state index in [1.54, 1.807) is 6.07 Å². The highest BCUT2D eigenvalue weighted by Crippen LogP contribution is 2.32. The molecule has 2 N–H and O–H groups in total. The van der Waals surface area contributed by atoms with Gasteiger partial charge in [-0.25, -0.2) is 4.79 Å². The van der Waals surface area contributed by atoms with Crippen LogP contribution < -0.4 is 10.6 Å². The van der Waals surface area contributed by atoms with Gasteiger partial charge in [0, 0.05) is 36.4 Å². The van der Waals surface area contributed by atoms with Gasteiger partial charge in [-0.1, -0.05) is 17.7 Å². The summed E-state index contributed by atoms with van der Waals surface area (Å²) in [6, 6.07) is 5.88. The fourth-order valence-electron chi connectivity index (χ4n) is 3.30. The van der Waals surface area contributed by atoms with E-state index in [-0.39, 0.29) is 12.1 Å². The van der Waals surface area contributed by atoms with Gasteiger partial charge in [0.2, 0.25) is 0 Å². The van der Waals surface area contributed by atoms with Crippen molar-refractivity contribution in [2.75, 3.05) is 25.0 Å². The van der Waals surface area contributed by atoms with Crippen LogP contribution in [0, 0.1) is 18.8 Å². The number of rotatable bonds is 1. The molecule has 2 heterocycles. The summed E-state index contributed by atoms with van der Waals surface area (Å²) in [6.45, 7) is 6.97. The Morgan fingerprint density at radius 3 is 2.95 bits per heavy atom. The number of nitrogens with one attached hydrogen (secondary N) is 2. The summed E-state index contributed by atoms with van der Waals surface area (Å²) in [7, 11) is 0. The summed E-state index contributed by atoms with van der Waals surface area (Å²) < 4.78 is 0. The Morgan fingerprint density at radius 2 is 2.25 bits per heavy atom. The third-order valence-electron chi connectivity index (χ3n) is 4.62. The average Bonchev–Trinajstić information content (AvgIpc) is 2.97. The molecule has 0 aromatic heterocycles. The van der Waals surface area contributed by atoms with Crippen LogP contribution in [0.1, 0.15) is 12.5 Å². The first-order chi connectivity index (χ1) is 9.56. The lowest BCUT2D eigenvalue weighted by molar-refractivity contribution is 0.203. The number of hydrogen-bond acceptors (Lipinski definition) is 2. The number of aryl methyl sites for hydroxylation is 1. The van der Waals surface area contributed by atoms with Crippen molar-refractivity contribution in [2.24, 2.45) is 11.8 Å². The number of likely N-dealkylation sites (tertiary alicyclic amines) is 1. The number of carbonyl (C=O) groups is 1. The number of urea groups is 1. The smallest absolute Gasteiger partial charge is 0.321 e. The Labute approximate surface area is 124 Å². The lowest BCUT2D eigenvalue weighted by Gasteiger charge is -2.24. The summed E-state index contributed by atoms with van der Waals surface area (Å²) in [5.41, 5.74) is 1.77. The first-order valence-corrected chi connectivity index (χ1v) is 7.48. The summed E-state index contributed by atoms with van der Waals surface area (Å²) in [5.74, 6) is 1.18. The average molecular weight is 294 g/mol. The molecule has 4 nitrogen and oxygen atoms in total. The Bertz CT molecular complexity index is 534. The van der Waals surface area contributed by atoms with Gasteiger partial charge < -0.3 is 15.5 Å². The third-order valence-corrected chi connectivity index (χ3v) is 5.03. The Kier molecular flexibility index (Phi) is 3.61. The van der Waals surface area contributed by atoms with Crippen molar-refractivity contribution in [3.63, 3.8) is 0 Å². The van der Waals surface area contributed by atoms with Gasteiger partial charge in [-0.2, -0.15) is 0 Å². The molecule has 0 aliphatic carbocycles. The molecule has 20 heavy (non-hydrogen) atoms. The molecule has 0 radical (unpaired) electrons.